The molecule has 262 valence electrons. The lowest BCUT2D eigenvalue weighted by molar-refractivity contribution is -0.118. The maximum absolute atomic E-state index is 12.1. The van der Waals surface area contributed by atoms with Gasteiger partial charge in [-0.1, -0.05) is 38.1 Å². The number of benzene rings is 2. The standard InChI is InChI=1S/C20H29NO5.C16H23NO3.ClH/c1-13(10-14(2)22)15-6-8-16(9-7-15)25-18-12-21(11-17(18)23)19(24)26-20(3,4)5;1-11(8-12(2)18)13-4-6-14(7-5-13)20-16-10-17-9-15(16)19-3;/h6-9,13,17-18,23H,10-12H2,1-5H3;4-7,11,15-17H,8-10H2,1-3H3;1H/t13-,17+,18?;11-,15-,16?;/m11./s1. The molecule has 2 aliphatic heterocycles. The Hall–Kier alpha value is -3.18. The summed E-state index contributed by atoms with van der Waals surface area (Å²) in [6, 6.07) is 15.5. The van der Waals surface area contributed by atoms with Crippen molar-refractivity contribution >= 4 is 30.1 Å². The lowest BCUT2D eigenvalue weighted by Gasteiger charge is -2.24. The molecule has 0 spiro atoms. The molecule has 2 saturated heterocycles. The van der Waals surface area contributed by atoms with E-state index >= 15 is 0 Å². The number of aliphatic hydroxyl groups is 1. The van der Waals surface area contributed by atoms with Crippen molar-refractivity contribution in [1.29, 1.82) is 0 Å². The van der Waals surface area contributed by atoms with Gasteiger partial charge in [-0.15, -0.1) is 12.4 Å². The van der Waals surface area contributed by atoms with Gasteiger partial charge in [0, 0.05) is 33.0 Å². The molecule has 0 bridgehead atoms. The summed E-state index contributed by atoms with van der Waals surface area (Å²) in [4.78, 5) is 36.0. The van der Waals surface area contributed by atoms with Gasteiger partial charge in [0.05, 0.1) is 13.1 Å². The largest absolute Gasteiger partial charge is 0.486 e. The fourth-order valence-electron chi connectivity index (χ4n) is 5.53. The van der Waals surface area contributed by atoms with Gasteiger partial charge in [-0.05, 0) is 81.8 Å². The summed E-state index contributed by atoms with van der Waals surface area (Å²) in [7, 11) is 1.71. The van der Waals surface area contributed by atoms with Crippen molar-refractivity contribution in [3.8, 4) is 11.5 Å². The minimum absolute atomic E-state index is 0. The Balaban J connectivity index is 0.000000330. The van der Waals surface area contributed by atoms with Crippen LogP contribution >= 0.6 is 12.4 Å². The summed E-state index contributed by atoms with van der Waals surface area (Å²) in [6.07, 6.45) is -0.463. The Morgan fingerprint density at radius 2 is 1.26 bits per heavy atom. The monoisotopic (exact) mass is 676 g/mol. The van der Waals surface area contributed by atoms with Crippen LogP contribution in [0.5, 0.6) is 11.5 Å². The first-order valence-electron chi connectivity index (χ1n) is 16.1. The maximum Gasteiger partial charge on any atom is 0.410 e. The zero-order valence-electron chi connectivity index (χ0n) is 29.0. The predicted molar refractivity (Wildman–Crippen MR) is 184 cm³/mol. The zero-order valence-corrected chi connectivity index (χ0v) is 29.8. The number of amides is 1. The first-order valence-corrected chi connectivity index (χ1v) is 16.1. The average Bonchev–Trinajstić information content (AvgIpc) is 3.58. The van der Waals surface area contributed by atoms with Gasteiger partial charge in [-0.3, -0.25) is 0 Å². The van der Waals surface area contributed by atoms with Gasteiger partial charge < -0.3 is 43.9 Å². The number of likely N-dealkylation sites (tertiary alicyclic amines) is 1. The number of ketones is 2. The lowest BCUT2D eigenvalue weighted by atomic mass is 9.96. The second kappa shape index (κ2) is 18.4. The molecule has 2 N–H and O–H groups in total. The second-order valence-corrected chi connectivity index (χ2v) is 13.5. The highest BCUT2D eigenvalue weighted by atomic mass is 35.5. The normalized spacial score (nSPS) is 21.9. The van der Waals surface area contributed by atoms with E-state index in [0.29, 0.717) is 18.6 Å². The van der Waals surface area contributed by atoms with Crippen LogP contribution in [-0.2, 0) is 19.1 Å². The molecule has 6 atom stereocenters. The molecule has 0 radical (unpaired) electrons. The number of methoxy groups -OCH3 is 1. The number of carbonyl (C=O) groups excluding carboxylic acids is 3. The Morgan fingerprint density at radius 3 is 1.68 bits per heavy atom. The number of carbonyl (C=O) groups is 3. The average molecular weight is 677 g/mol. The van der Waals surface area contributed by atoms with Crippen LogP contribution in [0.3, 0.4) is 0 Å². The smallest absolute Gasteiger partial charge is 0.410 e. The van der Waals surface area contributed by atoms with Crippen molar-refractivity contribution in [2.45, 2.75) is 103 Å². The molecule has 2 aromatic carbocycles. The molecule has 0 aliphatic carbocycles. The fraction of sp³-hybridized carbons (Fsp3) is 0.583. The lowest BCUT2D eigenvalue weighted by Crippen LogP contribution is -2.36. The third kappa shape index (κ3) is 13.1. The minimum atomic E-state index is -0.765. The van der Waals surface area contributed by atoms with E-state index in [2.05, 4.69) is 12.2 Å². The van der Waals surface area contributed by atoms with E-state index in [0.717, 1.165) is 24.4 Å². The number of hydrogen-bond acceptors (Lipinski definition) is 9. The van der Waals surface area contributed by atoms with E-state index in [1.165, 1.54) is 10.5 Å². The van der Waals surface area contributed by atoms with Crippen LogP contribution in [0.25, 0.3) is 0 Å². The quantitative estimate of drug-likeness (QED) is 0.309. The number of nitrogens with one attached hydrogen (secondary N) is 1. The number of β-amino-alcohol motifs (C(OH)–C–C–N with tert-alkyl or cyclic N) is 1. The third-order valence-electron chi connectivity index (χ3n) is 7.96. The van der Waals surface area contributed by atoms with Gasteiger partial charge in [-0.2, -0.15) is 0 Å². The molecule has 1 amide bonds. The number of hydrogen-bond donors (Lipinski definition) is 2. The highest BCUT2D eigenvalue weighted by Crippen LogP contribution is 2.26. The second-order valence-electron chi connectivity index (χ2n) is 13.5. The Bertz CT molecular complexity index is 1280. The summed E-state index contributed by atoms with van der Waals surface area (Å²) in [5.41, 5.74) is 1.66. The highest BCUT2D eigenvalue weighted by Gasteiger charge is 2.37. The molecule has 2 aliphatic rings. The first kappa shape index (κ1) is 40.0. The number of halogens is 1. The van der Waals surface area contributed by atoms with Crippen LogP contribution in [-0.4, -0.2) is 91.0 Å². The summed E-state index contributed by atoms with van der Waals surface area (Å²) in [5, 5.41) is 13.5. The number of aliphatic hydroxyl groups excluding tert-OH is 1. The molecule has 4 rings (SSSR count). The number of rotatable bonds is 11. The van der Waals surface area contributed by atoms with E-state index in [9.17, 15) is 19.5 Å². The number of nitrogens with zero attached hydrogens (tertiary/aromatic N) is 1. The summed E-state index contributed by atoms with van der Waals surface area (Å²) in [5.74, 6) is 2.26. The van der Waals surface area contributed by atoms with Crippen molar-refractivity contribution in [3.63, 3.8) is 0 Å². The van der Waals surface area contributed by atoms with Crippen molar-refractivity contribution in [1.82, 2.24) is 10.2 Å². The van der Waals surface area contributed by atoms with Crippen molar-refractivity contribution < 1.29 is 38.4 Å². The van der Waals surface area contributed by atoms with Crippen LogP contribution in [0.4, 0.5) is 4.79 Å². The highest BCUT2D eigenvalue weighted by molar-refractivity contribution is 5.85. The van der Waals surface area contributed by atoms with Gasteiger partial charge in [0.25, 0.3) is 0 Å². The van der Waals surface area contributed by atoms with Gasteiger partial charge >= 0.3 is 6.09 Å². The molecule has 11 heteroatoms. The van der Waals surface area contributed by atoms with E-state index in [4.69, 9.17) is 18.9 Å². The van der Waals surface area contributed by atoms with E-state index in [1.54, 1.807) is 41.7 Å². The molecule has 47 heavy (non-hydrogen) atoms. The first-order chi connectivity index (χ1) is 21.6. The molecule has 2 fully saturated rings. The van der Waals surface area contributed by atoms with Gasteiger partial charge in [0.2, 0.25) is 0 Å². The van der Waals surface area contributed by atoms with Crippen LogP contribution in [0, 0.1) is 0 Å². The predicted octanol–water partition coefficient (Wildman–Crippen LogP) is 5.68. The van der Waals surface area contributed by atoms with Gasteiger partial charge in [0.1, 0.15) is 53.1 Å². The van der Waals surface area contributed by atoms with Crippen molar-refractivity contribution in [2.75, 3.05) is 33.3 Å². The van der Waals surface area contributed by atoms with Gasteiger partial charge in [-0.25, -0.2) is 4.79 Å². The molecule has 10 nitrogen and oxygen atoms in total. The Kier molecular flexibility index (Phi) is 15.6. The van der Waals surface area contributed by atoms with Crippen LogP contribution in [0.15, 0.2) is 48.5 Å². The molecule has 0 saturated carbocycles. The molecule has 0 aromatic heterocycles. The maximum atomic E-state index is 12.1. The fourth-order valence-corrected chi connectivity index (χ4v) is 5.53. The Labute approximate surface area is 285 Å². The van der Waals surface area contributed by atoms with E-state index in [1.807, 2.05) is 55.5 Å². The Morgan fingerprint density at radius 1 is 0.809 bits per heavy atom. The number of Topliss-reactive ketones (excluding diaryl/α,β-unsaturated/α-hetero) is 2. The van der Waals surface area contributed by atoms with E-state index in [-0.39, 0.29) is 61.1 Å². The van der Waals surface area contributed by atoms with Crippen molar-refractivity contribution in [2.24, 2.45) is 0 Å². The third-order valence-corrected chi connectivity index (χ3v) is 7.96. The molecular weight excluding hydrogens is 624 g/mol. The molecular formula is C36H53ClN2O8. The topological polar surface area (TPSA) is 124 Å². The summed E-state index contributed by atoms with van der Waals surface area (Å²) >= 11 is 0. The molecule has 2 unspecified atom stereocenters. The molecule has 2 heterocycles. The van der Waals surface area contributed by atoms with E-state index < -0.39 is 23.9 Å². The summed E-state index contributed by atoms with van der Waals surface area (Å²) in [6.45, 7) is 14.8. The number of ether oxygens (including phenoxy) is 4. The summed E-state index contributed by atoms with van der Waals surface area (Å²) < 4.78 is 22.5. The van der Waals surface area contributed by atoms with Crippen LogP contribution in [0.1, 0.15) is 84.3 Å². The zero-order chi connectivity index (χ0) is 34.0. The van der Waals surface area contributed by atoms with Gasteiger partial charge in [0.15, 0.2) is 0 Å². The van der Waals surface area contributed by atoms with Crippen molar-refractivity contribution in [3.05, 3.63) is 59.7 Å². The SMILES string of the molecule is CC(=O)C[C@@H](C)c1ccc(OC2CN(C(=O)OC(C)(C)C)C[C@@H]2O)cc1.CO[C@@H]1CNCC1Oc1ccc([C@H](C)CC(C)=O)cc1.Cl. The molecule has 2 aromatic rings. The van der Waals surface area contributed by atoms with Crippen LogP contribution in [0.2, 0.25) is 0 Å². The minimum Gasteiger partial charge on any atom is -0.486 e. The van der Waals surface area contributed by atoms with Crippen LogP contribution < -0.4 is 14.8 Å².